The largest absolute Gasteiger partial charge is 0.477 e. The molecule has 0 aromatic carbocycles. The Bertz CT molecular complexity index is 436. The van der Waals surface area contributed by atoms with E-state index >= 15 is 0 Å². The molecule has 0 unspecified atom stereocenters. The van der Waals surface area contributed by atoms with Crippen molar-refractivity contribution in [2.24, 2.45) is 0 Å². The molecule has 3 nitrogen and oxygen atoms in total. The van der Waals surface area contributed by atoms with E-state index in [2.05, 4.69) is 51.0 Å². The Hall–Kier alpha value is -1.09. The summed E-state index contributed by atoms with van der Waals surface area (Å²) in [5.41, 5.74) is 3.56. The van der Waals surface area contributed by atoms with Gasteiger partial charge in [0.1, 0.15) is 0 Å². The van der Waals surface area contributed by atoms with Gasteiger partial charge >= 0.3 is 0 Å². The first kappa shape index (κ1) is 18.0. The van der Waals surface area contributed by atoms with E-state index in [1.807, 2.05) is 6.92 Å². The Morgan fingerprint density at radius 2 is 1.86 bits per heavy atom. The first-order valence-electron chi connectivity index (χ1n) is 8.18. The number of ether oxygens (including phenoxy) is 1. The van der Waals surface area contributed by atoms with Gasteiger partial charge in [0.2, 0.25) is 5.88 Å². The standard InChI is InChI=1S/C18H32N2O/c1-7-8-9-10-11-21-17-16(13-19-18(4,5)6)14(2)12-15(3)20-17/h12,19H,7-11,13H2,1-6H3. The van der Waals surface area contributed by atoms with Crippen LogP contribution < -0.4 is 10.1 Å². The number of hydrogen-bond acceptors (Lipinski definition) is 3. The molecule has 0 radical (unpaired) electrons. The first-order chi connectivity index (χ1) is 9.83. The highest BCUT2D eigenvalue weighted by Crippen LogP contribution is 2.22. The number of unbranched alkanes of at least 4 members (excludes halogenated alkanes) is 3. The van der Waals surface area contributed by atoms with Gasteiger partial charge in [-0.15, -0.1) is 0 Å². The predicted octanol–water partition coefficient (Wildman–Crippen LogP) is 4.55. The number of aryl methyl sites for hydroxylation is 2. The highest BCUT2D eigenvalue weighted by atomic mass is 16.5. The molecule has 0 saturated carbocycles. The molecular formula is C18H32N2O. The zero-order chi connectivity index (χ0) is 15.9. The average molecular weight is 292 g/mol. The molecule has 0 saturated heterocycles. The lowest BCUT2D eigenvalue weighted by Crippen LogP contribution is -2.35. The second-order valence-corrected chi connectivity index (χ2v) is 6.88. The van der Waals surface area contributed by atoms with Gasteiger partial charge in [-0.25, -0.2) is 4.98 Å². The zero-order valence-corrected chi connectivity index (χ0v) is 14.7. The molecule has 1 N–H and O–H groups in total. The van der Waals surface area contributed by atoms with E-state index < -0.39 is 0 Å². The number of pyridine rings is 1. The van der Waals surface area contributed by atoms with E-state index in [1.54, 1.807) is 0 Å². The molecular weight excluding hydrogens is 260 g/mol. The summed E-state index contributed by atoms with van der Waals surface area (Å²) in [7, 11) is 0. The molecule has 0 aliphatic heterocycles. The number of rotatable bonds is 8. The molecule has 0 aliphatic carbocycles. The van der Waals surface area contributed by atoms with Crippen molar-refractivity contribution in [1.82, 2.24) is 10.3 Å². The lowest BCUT2D eigenvalue weighted by atomic mass is 10.1. The van der Waals surface area contributed by atoms with Crippen molar-refractivity contribution in [2.75, 3.05) is 6.61 Å². The van der Waals surface area contributed by atoms with Crippen molar-refractivity contribution < 1.29 is 4.74 Å². The predicted molar refractivity (Wildman–Crippen MR) is 89.9 cm³/mol. The minimum Gasteiger partial charge on any atom is -0.477 e. The van der Waals surface area contributed by atoms with Crippen LogP contribution in [0.1, 0.15) is 70.2 Å². The van der Waals surface area contributed by atoms with E-state index in [9.17, 15) is 0 Å². The van der Waals surface area contributed by atoms with Crippen LogP contribution in [0.25, 0.3) is 0 Å². The van der Waals surface area contributed by atoms with Gasteiger partial charge in [0.05, 0.1) is 6.61 Å². The SMILES string of the molecule is CCCCCCOc1nc(C)cc(C)c1CNC(C)(C)C. The van der Waals surface area contributed by atoms with Crippen LogP contribution in [0.3, 0.4) is 0 Å². The second-order valence-electron chi connectivity index (χ2n) is 6.88. The average Bonchev–Trinajstić information content (AvgIpc) is 2.36. The van der Waals surface area contributed by atoms with E-state index in [-0.39, 0.29) is 5.54 Å². The van der Waals surface area contributed by atoms with Crippen molar-refractivity contribution in [3.05, 3.63) is 22.9 Å². The number of hydrogen-bond donors (Lipinski definition) is 1. The van der Waals surface area contributed by atoms with Crippen LogP contribution in [0.15, 0.2) is 6.07 Å². The van der Waals surface area contributed by atoms with Gasteiger partial charge in [-0.2, -0.15) is 0 Å². The van der Waals surface area contributed by atoms with Crippen molar-refractivity contribution in [3.63, 3.8) is 0 Å². The Balaban J connectivity index is 2.71. The molecule has 21 heavy (non-hydrogen) atoms. The Kier molecular flexibility index (Phi) is 7.16. The highest BCUT2D eigenvalue weighted by Gasteiger charge is 2.14. The van der Waals surface area contributed by atoms with E-state index in [0.717, 1.165) is 31.1 Å². The molecule has 0 atom stereocenters. The van der Waals surface area contributed by atoms with E-state index in [4.69, 9.17) is 4.74 Å². The minimum absolute atomic E-state index is 0.0930. The van der Waals surface area contributed by atoms with Crippen LogP contribution >= 0.6 is 0 Å². The molecule has 1 aromatic rings. The topological polar surface area (TPSA) is 34.1 Å². The number of nitrogens with one attached hydrogen (secondary N) is 1. The monoisotopic (exact) mass is 292 g/mol. The van der Waals surface area contributed by atoms with Gasteiger partial charge < -0.3 is 10.1 Å². The maximum Gasteiger partial charge on any atom is 0.218 e. The fourth-order valence-corrected chi connectivity index (χ4v) is 2.21. The van der Waals surface area contributed by atoms with E-state index in [0.29, 0.717) is 0 Å². The lowest BCUT2D eigenvalue weighted by Gasteiger charge is -2.22. The molecule has 1 aromatic heterocycles. The second kappa shape index (κ2) is 8.38. The van der Waals surface area contributed by atoms with Crippen molar-refractivity contribution >= 4 is 0 Å². The third-order valence-corrected chi connectivity index (χ3v) is 3.47. The van der Waals surface area contributed by atoms with Gasteiger partial charge in [0, 0.05) is 23.3 Å². The zero-order valence-electron chi connectivity index (χ0n) is 14.7. The first-order valence-corrected chi connectivity index (χ1v) is 8.18. The van der Waals surface area contributed by atoms with Crippen LogP contribution in [0, 0.1) is 13.8 Å². The summed E-state index contributed by atoms with van der Waals surface area (Å²) in [5, 5.41) is 3.53. The summed E-state index contributed by atoms with van der Waals surface area (Å²) in [5.74, 6) is 0.806. The van der Waals surface area contributed by atoms with Crippen LogP contribution in [0.2, 0.25) is 0 Å². The molecule has 0 aliphatic rings. The maximum absolute atomic E-state index is 5.96. The van der Waals surface area contributed by atoms with Crippen molar-refractivity contribution in [2.45, 2.75) is 79.3 Å². The van der Waals surface area contributed by atoms with Crippen molar-refractivity contribution in [1.29, 1.82) is 0 Å². The van der Waals surface area contributed by atoms with Gasteiger partial charge in [-0.05, 0) is 52.7 Å². The summed E-state index contributed by atoms with van der Waals surface area (Å²) in [6.45, 7) is 14.5. The van der Waals surface area contributed by atoms with Gasteiger partial charge in [0.25, 0.3) is 0 Å². The molecule has 1 rings (SSSR count). The van der Waals surface area contributed by atoms with Gasteiger partial charge in [-0.3, -0.25) is 0 Å². The molecule has 0 amide bonds. The van der Waals surface area contributed by atoms with Crippen LogP contribution in [-0.2, 0) is 6.54 Å². The molecule has 0 fully saturated rings. The maximum atomic E-state index is 5.96. The molecule has 1 heterocycles. The Morgan fingerprint density at radius 3 is 2.48 bits per heavy atom. The molecule has 120 valence electrons. The highest BCUT2D eigenvalue weighted by molar-refractivity contribution is 5.36. The summed E-state index contributed by atoms with van der Waals surface area (Å²) < 4.78 is 5.96. The third-order valence-electron chi connectivity index (χ3n) is 3.47. The lowest BCUT2D eigenvalue weighted by molar-refractivity contribution is 0.287. The van der Waals surface area contributed by atoms with Gasteiger partial charge in [-0.1, -0.05) is 26.2 Å². The summed E-state index contributed by atoms with van der Waals surface area (Å²) in [4.78, 5) is 4.59. The summed E-state index contributed by atoms with van der Waals surface area (Å²) in [6.07, 6.45) is 4.87. The van der Waals surface area contributed by atoms with Gasteiger partial charge in [0.15, 0.2) is 0 Å². The summed E-state index contributed by atoms with van der Waals surface area (Å²) >= 11 is 0. The smallest absolute Gasteiger partial charge is 0.218 e. The fraction of sp³-hybridized carbons (Fsp3) is 0.722. The third kappa shape index (κ3) is 6.94. The fourth-order valence-electron chi connectivity index (χ4n) is 2.21. The van der Waals surface area contributed by atoms with E-state index in [1.165, 1.54) is 30.4 Å². The minimum atomic E-state index is 0.0930. The van der Waals surface area contributed by atoms with Crippen LogP contribution in [-0.4, -0.2) is 17.1 Å². The van der Waals surface area contributed by atoms with Crippen LogP contribution in [0.4, 0.5) is 0 Å². The molecule has 3 heteroatoms. The Morgan fingerprint density at radius 1 is 1.14 bits per heavy atom. The molecule has 0 bridgehead atoms. The summed E-state index contributed by atoms with van der Waals surface area (Å²) in [6, 6.07) is 2.13. The van der Waals surface area contributed by atoms with Crippen LogP contribution in [0.5, 0.6) is 5.88 Å². The Labute approximate surface area is 130 Å². The molecule has 0 spiro atoms. The van der Waals surface area contributed by atoms with Crippen molar-refractivity contribution in [3.8, 4) is 5.88 Å². The number of aromatic nitrogens is 1. The quantitative estimate of drug-likeness (QED) is 0.714. The number of nitrogens with zero attached hydrogens (tertiary/aromatic N) is 1. The normalized spacial score (nSPS) is 11.7.